The molecule has 0 N–H and O–H groups in total. The summed E-state index contributed by atoms with van der Waals surface area (Å²) in [4.78, 5) is 16.9. The number of anilines is 1. The lowest BCUT2D eigenvalue weighted by molar-refractivity contribution is 0.0771. The van der Waals surface area contributed by atoms with Crippen LogP contribution in [0.15, 0.2) is 36.4 Å². The minimum atomic E-state index is -0.0430. The topological polar surface area (TPSA) is 67.8 Å². The fourth-order valence-electron chi connectivity index (χ4n) is 3.45. The molecule has 3 heterocycles. The van der Waals surface area contributed by atoms with Crippen molar-refractivity contribution >= 4 is 11.6 Å². The molecule has 2 aliphatic heterocycles. The zero-order valence-corrected chi connectivity index (χ0v) is 15.5. The molecule has 0 spiro atoms. The number of likely N-dealkylation sites (tertiary alicyclic amines) is 1. The van der Waals surface area contributed by atoms with Crippen molar-refractivity contribution in [2.45, 2.75) is 19.4 Å². The van der Waals surface area contributed by atoms with Gasteiger partial charge in [0, 0.05) is 43.4 Å². The molecule has 27 heavy (non-hydrogen) atoms. The predicted molar refractivity (Wildman–Crippen MR) is 101 cm³/mol. The fraction of sp³-hybridized carbons (Fsp3) is 0.450. The van der Waals surface area contributed by atoms with E-state index in [2.05, 4.69) is 15.1 Å². The lowest BCUT2D eigenvalue weighted by Crippen LogP contribution is -2.36. The molecule has 1 unspecified atom stereocenters. The molecule has 1 atom stereocenters. The summed E-state index contributed by atoms with van der Waals surface area (Å²) >= 11 is 0. The van der Waals surface area contributed by atoms with E-state index in [0.29, 0.717) is 24.5 Å². The molecule has 7 heteroatoms. The van der Waals surface area contributed by atoms with Crippen LogP contribution in [0.3, 0.4) is 0 Å². The standard InChI is InChI=1S/C20H24N4O3/c1-15-2-7-19(22-21-15)27-18-8-9-24(14-18)20(25)16-3-5-17(6-4-16)23-10-12-26-13-11-23/h2-7,18H,8-14H2,1H3. The molecule has 1 aromatic carbocycles. The Hall–Kier alpha value is -2.67. The molecule has 2 aromatic rings. The molecule has 0 bridgehead atoms. The van der Waals surface area contributed by atoms with Crippen LogP contribution in [0.2, 0.25) is 0 Å². The summed E-state index contributed by atoms with van der Waals surface area (Å²) in [6.45, 7) is 6.42. The van der Waals surface area contributed by atoms with E-state index < -0.39 is 0 Å². The summed E-state index contributed by atoms with van der Waals surface area (Å²) in [5.41, 5.74) is 2.70. The second-order valence-electron chi connectivity index (χ2n) is 6.94. The number of amides is 1. The van der Waals surface area contributed by atoms with E-state index in [1.54, 1.807) is 0 Å². The summed E-state index contributed by atoms with van der Waals surface area (Å²) in [5, 5.41) is 8.04. The Kier molecular flexibility index (Phi) is 5.20. The first-order chi connectivity index (χ1) is 13.2. The normalized spacial score (nSPS) is 20.0. The Morgan fingerprint density at radius 1 is 1.07 bits per heavy atom. The van der Waals surface area contributed by atoms with Crippen LogP contribution < -0.4 is 9.64 Å². The lowest BCUT2D eigenvalue weighted by Gasteiger charge is -2.29. The highest BCUT2D eigenvalue weighted by Crippen LogP contribution is 2.21. The zero-order chi connectivity index (χ0) is 18.6. The Labute approximate surface area is 158 Å². The molecule has 0 aliphatic carbocycles. The molecule has 1 amide bonds. The van der Waals surface area contributed by atoms with Gasteiger partial charge in [-0.2, -0.15) is 5.10 Å². The molecular weight excluding hydrogens is 344 g/mol. The Bertz CT molecular complexity index is 773. The van der Waals surface area contributed by atoms with Gasteiger partial charge < -0.3 is 19.3 Å². The maximum Gasteiger partial charge on any atom is 0.253 e. The van der Waals surface area contributed by atoms with Crippen molar-refractivity contribution in [3.63, 3.8) is 0 Å². The molecule has 7 nitrogen and oxygen atoms in total. The molecule has 2 fully saturated rings. The second-order valence-corrected chi connectivity index (χ2v) is 6.94. The fourth-order valence-corrected chi connectivity index (χ4v) is 3.45. The van der Waals surface area contributed by atoms with Crippen molar-refractivity contribution in [3.8, 4) is 5.88 Å². The first-order valence-corrected chi connectivity index (χ1v) is 9.38. The molecule has 0 saturated carbocycles. The van der Waals surface area contributed by atoms with E-state index in [-0.39, 0.29) is 12.0 Å². The van der Waals surface area contributed by atoms with Gasteiger partial charge in [-0.1, -0.05) is 0 Å². The number of ether oxygens (including phenoxy) is 2. The summed E-state index contributed by atoms with van der Waals surface area (Å²) in [5.74, 6) is 0.555. The smallest absolute Gasteiger partial charge is 0.253 e. The van der Waals surface area contributed by atoms with Gasteiger partial charge in [0.1, 0.15) is 6.10 Å². The number of morpholine rings is 1. The minimum Gasteiger partial charge on any atom is -0.471 e. The molecular formula is C20H24N4O3. The Morgan fingerprint density at radius 3 is 2.56 bits per heavy atom. The van der Waals surface area contributed by atoms with Gasteiger partial charge in [0.05, 0.1) is 25.5 Å². The van der Waals surface area contributed by atoms with Crippen LogP contribution in [0, 0.1) is 6.92 Å². The maximum atomic E-state index is 12.8. The summed E-state index contributed by atoms with van der Waals surface area (Å²) in [6, 6.07) is 11.5. The van der Waals surface area contributed by atoms with Crippen molar-refractivity contribution in [2.24, 2.45) is 0 Å². The van der Waals surface area contributed by atoms with Crippen molar-refractivity contribution in [1.82, 2.24) is 15.1 Å². The largest absolute Gasteiger partial charge is 0.471 e. The monoisotopic (exact) mass is 368 g/mol. The highest BCUT2D eigenvalue weighted by molar-refractivity contribution is 5.94. The Balaban J connectivity index is 1.34. The third-order valence-electron chi connectivity index (χ3n) is 4.98. The molecule has 0 radical (unpaired) electrons. The van der Waals surface area contributed by atoms with Gasteiger partial charge in [-0.25, -0.2) is 0 Å². The number of hydrogen-bond donors (Lipinski definition) is 0. The Morgan fingerprint density at radius 2 is 1.85 bits per heavy atom. The van der Waals surface area contributed by atoms with Gasteiger partial charge in [0.15, 0.2) is 0 Å². The molecule has 2 saturated heterocycles. The SMILES string of the molecule is Cc1ccc(OC2CCN(C(=O)c3ccc(N4CCOCC4)cc3)C2)nn1. The van der Waals surface area contributed by atoms with E-state index in [1.807, 2.05) is 48.2 Å². The van der Waals surface area contributed by atoms with Crippen molar-refractivity contribution in [1.29, 1.82) is 0 Å². The number of nitrogens with zero attached hydrogens (tertiary/aromatic N) is 4. The first-order valence-electron chi connectivity index (χ1n) is 9.38. The van der Waals surface area contributed by atoms with Gasteiger partial charge in [0.2, 0.25) is 5.88 Å². The van der Waals surface area contributed by atoms with E-state index in [0.717, 1.165) is 44.1 Å². The van der Waals surface area contributed by atoms with Crippen LogP contribution >= 0.6 is 0 Å². The number of carbonyl (C=O) groups excluding carboxylic acids is 1. The number of benzene rings is 1. The average Bonchev–Trinajstić information content (AvgIpc) is 3.18. The van der Waals surface area contributed by atoms with Crippen LogP contribution in [-0.2, 0) is 4.74 Å². The van der Waals surface area contributed by atoms with E-state index in [9.17, 15) is 4.79 Å². The first kappa shape index (κ1) is 17.7. The number of aryl methyl sites for hydroxylation is 1. The second kappa shape index (κ2) is 7.92. The van der Waals surface area contributed by atoms with Crippen molar-refractivity contribution in [2.75, 3.05) is 44.3 Å². The quantitative estimate of drug-likeness (QED) is 0.821. The van der Waals surface area contributed by atoms with Crippen LogP contribution in [-0.4, -0.2) is 66.5 Å². The van der Waals surface area contributed by atoms with E-state index in [1.165, 1.54) is 0 Å². The van der Waals surface area contributed by atoms with Crippen LogP contribution in [0.1, 0.15) is 22.5 Å². The van der Waals surface area contributed by atoms with Crippen LogP contribution in [0.5, 0.6) is 5.88 Å². The van der Waals surface area contributed by atoms with Gasteiger partial charge in [-0.15, -0.1) is 5.10 Å². The summed E-state index contributed by atoms with van der Waals surface area (Å²) < 4.78 is 11.2. The van der Waals surface area contributed by atoms with Gasteiger partial charge in [-0.05, 0) is 37.3 Å². The third kappa shape index (κ3) is 4.19. The third-order valence-corrected chi connectivity index (χ3v) is 4.98. The highest BCUT2D eigenvalue weighted by Gasteiger charge is 2.28. The minimum absolute atomic E-state index is 0.0430. The summed E-state index contributed by atoms with van der Waals surface area (Å²) in [7, 11) is 0. The van der Waals surface area contributed by atoms with Crippen LogP contribution in [0.4, 0.5) is 5.69 Å². The number of rotatable bonds is 4. The highest BCUT2D eigenvalue weighted by atomic mass is 16.5. The maximum absolute atomic E-state index is 12.8. The van der Waals surface area contributed by atoms with Crippen LogP contribution in [0.25, 0.3) is 0 Å². The number of hydrogen-bond acceptors (Lipinski definition) is 6. The van der Waals surface area contributed by atoms with Gasteiger partial charge in [0.25, 0.3) is 5.91 Å². The number of carbonyl (C=O) groups is 1. The molecule has 4 rings (SSSR count). The zero-order valence-electron chi connectivity index (χ0n) is 15.5. The summed E-state index contributed by atoms with van der Waals surface area (Å²) in [6.07, 6.45) is 0.756. The van der Waals surface area contributed by atoms with Crippen molar-refractivity contribution in [3.05, 3.63) is 47.7 Å². The van der Waals surface area contributed by atoms with Gasteiger partial charge >= 0.3 is 0 Å². The van der Waals surface area contributed by atoms with E-state index >= 15 is 0 Å². The molecule has 142 valence electrons. The molecule has 1 aromatic heterocycles. The van der Waals surface area contributed by atoms with Gasteiger partial charge in [-0.3, -0.25) is 4.79 Å². The van der Waals surface area contributed by atoms with Crippen molar-refractivity contribution < 1.29 is 14.3 Å². The predicted octanol–water partition coefficient (Wildman–Crippen LogP) is 1.92. The molecule has 2 aliphatic rings. The number of aromatic nitrogens is 2. The van der Waals surface area contributed by atoms with E-state index in [4.69, 9.17) is 9.47 Å². The average molecular weight is 368 g/mol. The lowest BCUT2D eigenvalue weighted by atomic mass is 10.1.